The second-order valence-electron chi connectivity index (χ2n) is 15.1. The fourth-order valence-electron chi connectivity index (χ4n) is 6.47. The largest absolute Gasteiger partial charge is 0.480 e. The maximum Gasteiger partial charge on any atom is 0.326 e. The van der Waals surface area contributed by atoms with E-state index in [4.69, 9.17) is 0 Å². The summed E-state index contributed by atoms with van der Waals surface area (Å²) in [5.41, 5.74) is 2.55. The van der Waals surface area contributed by atoms with Crippen LogP contribution in [-0.4, -0.2) is 75.3 Å². The van der Waals surface area contributed by atoms with Crippen molar-refractivity contribution >= 4 is 48.2 Å². The molecular formula is C47H55N4O4PS. The molecule has 0 aliphatic carbocycles. The van der Waals surface area contributed by atoms with Crippen LogP contribution in [-0.2, 0) is 22.4 Å². The summed E-state index contributed by atoms with van der Waals surface area (Å²) in [5, 5.41) is 22.1. The quantitative estimate of drug-likeness (QED) is 0.0624. The molecule has 0 saturated heterocycles. The van der Waals surface area contributed by atoms with Gasteiger partial charge >= 0.3 is 5.97 Å². The SMILES string of the molecule is C[C@H](NC[C@H](CSC(C)(C)C)N(C[C@H](Cc1ccccc1)NC(=O)c1ccccc1)P(c1ccccc1)c1ccccc1)C(=O)N[C@@H](Cc1ccccc1)C(=O)O. The molecule has 0 aliphatic heterocycles. The molecule has 0 bridgehead atoms. The lowest BCUT2D eigenvalue weighted by Gasteiger charge is -2.42. The fraction of sp³-hybridized carbons (Fsp3) is 0.298. The lowest BCUT2D eigenvalue weighted by atomic mass is 10.0. The van der Waals surface area contributed by atoms with Crippen molar-refractivity contribution in [3.05, 3.63) is 168 Å². The molecule has 5 aromatic rings. The fourth-order valence-corrected chi connectivity index (χ4v) is 10.2. The third kappa shape index (κ3) is 14.0. The van der Waals surface area contributed by atoms with Crippen molar-refractivity contribution in [3.8, 4) is 0 Å². The van der Waals surface area contributed by atoms with E-state index in [1.165, 1.54) is 10.6 Å². The van der Waals surface area contributed by atoms with Gasteiger partial charge < -0.3 is 21.1 Å². The molecule has 5 rings (SSSR count). The van der Waals surface area contributed by atoms with Gasteiger partial charge in [-0.1, -0.05) is 160 Å². The lowest BCUT2D eigenvalue weighted by Crippen LogP contribution is -2.55. The summed E-state index contributed by atoms with van der Waals surface area (Å²) in [6.45, 7) is 9.37. The van der Waals surface area contributed by atoms with Gasteiger partial charge in [-0.25, -0.2) is 4.79 Å². The molecular weight excluding hydrogens is 748 g/mol. The van der Waals surface area contributed by atoms with Crippen molar-refractivity contribution in [1.29, 1.82) is 0 Å². The minimum absolute atomic E-state index is 0.0493. The first-order valence-corrected chi connectivity index (χ1v) is 21.8. The monoisotopic (exact) mass is 802 g/mol. The number of carboxylic acid groups (broad SMARTS) is 1. The average Bonchev–Trinajstić information content (AvgIpc) is 3.21. The summed E-state index contributed by atoms with van der Waals surface area (Å²) in [5.74, 6) is -0.853. The van der Waals surface area contributed by atoms with Gasteiger partial charge in [-0.05, 0) is 47.2 Å². The van der Waals surface area contributed by atoms with Crippen LogP contribution in [0.2, 0.25) is 0 Å². The number of nitrogens with one attached hydrogen (secondary N) is 3. The highest BCUT2D eigenvalue weighted by Crippen LogP contribution is 2.42. The molecule has 0 aromatic heterocycles. The molecule has 10 heteroatoms. The number of thioether (sulfide) groups is 1. The summed E-state index contributed by atoms with van der Waals surface area (Å²) < 4.78 is 2.50. The molecule has 4 N–H and O–H groups in total. The molecule has 0 aliphatic rings. The molecule has 4 atom stereocenters. The van der Waals surface area contributed by atoms with E-state index < -0.39 is 26.1 Å². The van der Waals surface area contributed by atoms with Gasteiger partial charge in [-0.15, -0.1) is 0 Å². The van der Waals surface area contributed by atoms with Gasteiger partial charge in [-0.3, -0.25) is 14.3 Å². The first-order valence-electron chi connectivity index (χ1n) is 19.5. The zero-order valence-electron chi connectivity index (χ0n) is 33.3. The van der Waals surface area contributed by atoms with Gasteiger partial charge in [0, 0.05) is 55.7 Å². The molecule has 0 radical (unpaired) electrons. The number of benzene rings is 5. The van der Waals surface area contributed by atoms with Crippen LogP contribution < -0.4 is 26.6 Å². The van der Waals surface area contributed by atoms with Crippen LogP contribution in [0.3, 0.4) is 0 Å². The zero-order valence-corrected chi connectivity index (χ0v) is 35.0. The van der Waals surface area contributed by atoms with E-state index in [2.05, 4.69) is 102 Å². The van der Waals surface area contributed by atoms with Crippen molar-refractivity contribution in [2.45, 2.75) is 69.5 Å². The highest BCUT2D eigenvalue weighted by Gasteiger charge is 2.34. The van der Waals surface area contributed by atoms with Gasteiger partial charge in [0.05, 0.1) is 6.04 Å². The number of carbonyl (C=O) groups is 3. The van der Waals surface area contributed by atoms with Gasteiger partial charge in [0.1, 0.15) is 6.04 Å². The van der Waals surface area contributed by atoms with Crippen molar-refractivity contribution in [2.24, 2.45) is 0 Å². The van der Waals surface area contributed by atoms with E-state index in [9.17, 15) is 19.5 Å². The first kappa shape index (κ1) is 43.3. The molecule has 0 saturated carbocycles. The Kier molecular flexibility index (Phi) is 16.5. The third-order valence-electron chi connectivity index (χ3n) is 9.44. The second kappa shape index (κ2) is 21.7. The van der Waals surface area contributed by atoms with Crippen molar-refractivity contribution in [3.63, 3.8) is 0 Å². The number of amides is 2. The molecule has 5 aromatic carbocycles. The Balaban J connectivity index is 1.51. The van der Waals surface area contributed by atoms with Crippen LogP contribution in [0, 0.1) is 0 Å². The van der Waals surface area contributed by atoms with Crippen LogP contribution >= 0.6 is 19.8 Å². The predicted molar refractivity (Wildman–Crippen MR) is 237 cm³/mol. The van der Waals surface area contributed by atoms with Gasteiger partial charge in [0.25, 0.3) is 5.91 Å². The summed E-state index contributed by atoms with van der Waals surface area (Å²) in [4.78, 5) is 39.8. The van der Waals surface area contributed by atoms with E-state index in [1.807, 2.05) is 103 Å². The van der Waals surface area contributed by atoms with E-state index in [1.54, 1.807) is 6.92 Å². The van der Waals surface area contributed by atoms with Crippen LogP contribution in [0.25, 0.3) is 0 Å². The van der Waals surface area contributed by atoms with Crippen LogP contribution in [0.5, 0.6) is 0 Å². The number of hydrogen-bond donors (Lipinski definition) is 4. The summed E-state index contributed by atoms with van der Waals surface area (Å²) >= 11 is 1.86. The first-order chi connectivity index (χ1) is 27.5. The van der Waals surface area contributed by atoms with Crippen LogP contribution in [0.15, 0.2) is 152 Å². The Morgan fingerprint density at radius 2 is 1.16 bits per heavy atom. The Morgan fingerprint density at radius 1 is 0.684 bits per heavy atom. The summed E-state index contributed by atoms with van der Waals surface area (Å²) in [7, 11) is -1.13. The maximum absolute atomic E-state index is 13.9. The molecule has 298 valence electrons. The van der Waals surface area contributed by atoms with Gasteiger partial charge in [0.2, 0.25) is 5.91 Å². The molecule has 0 spiro atoms. The third-order valence-corrected chi connectivity index (χ3v) is 13.4. The predicted octanol–water partition coefficient (Wildman–Crippen LogP) is 7.07. The normalized spacial score (nSPS) is 13.7. The molecule has 0 unspecified atom stereocenters. The summed E-state index contributed by atoms with van der Waals surface area (Å²) in [6, 6.07) is 47.8. The number of carboxylic acids is 1. The van der Waals surface area contributed by atoms with Gasteiger partial charge in [0.15, 0.2) is 0 Å². The smallest absolute Gasteiger partial charge is 0.326 e. The second-order valence-corrected chi connectivity index (χ2v) is 19.1. The van der Waals surface area contributed by atoms with Gasteiger partial charge in [-0.2, -0.15) is 11.8 Å². The molecule has 0 fully saturated rings. The zero-order chi connectivity index (χ0) is 40.6. The number of carbonyl (C=O) groups excluding carboxylic acids is 2. The molecule has 57 heavy (non-hydrogen) atoms. The van der Waals surface area contributed by atoms with E-state index in [-0.39, 0.29) is 35.1 Å². The van der Waals surface area contributed by atoms with Crippen molar-refractivity contribution in [1.82, 2.24) is 20.6 Å². The number of aliphatic carboxylic acids is 1. The number of hydrogen-bond acceptors (Lipinski definition) is 6. The topological polar surface area (TPSA) is 111 Å². The highest BCUT2D eigenvalue weighted by molar-refractivity contribution is 8.00. The Hall–Kier alpha value is -4.79. The van der Waals surface area contributed by atoms with Crippen LogP contribution in [0.4, 0.5) is 0 Å². The molecule has 0 heterocycles. The minimum atomic E-state index is -1.13. The standard InChI is InChI=1S/C47H55N4O4PS/c1-35(44(52)50-43(46(54)55)31-37-22-12-6-13-23-37)48-32-40(34-57-47(2,3)4)51(56(41-26-16-8-17-27-41)42-28-18-9-19-29-42)33-39(30-36-20-10-5-11-21-36)49-45(53)38-24-14-7-15-25-38/h5-29,35,39-40,43,48H,30-34H2,1-4H3,(H,49,53)(H,50,52)(H,54,55)/t35-,39-,40+,43-/m0/s1. The Labute approximate surface area is 343 Å². The van der Waals surface area contributed by atoms with Crippen molar-refractivity contribution in [2.75, 3.05) is 18.8 Å². The van der Waals surface area contributed by atoms with Crippen molar-refractivity contribution < 1.29 is 19.5 Å². The minimum Gasteiger partial charge on any atom is -0.480 e. The maximum atomic E-state index is 13.9. The van der Waals surface area contributed by atoms with Crippen LogP contribution in [0.1, 0.15) is 49.2 Å². The average molecular weight is 803 g/mol. The Bertz CT molecular complexity index is 1930. The molecule has 2 amide bonds. The number of rotatable bonds is 20. The Morgan fingerprint density at radius 3 is 1.65 bits per heavy atom. The highest BCUT2D eigenvalue weighted by atomic mass is 32.2. The number of nitrogens with zero attached hydrogens (tertiary/aromatic N) is 1. The molecule has 8 nitrogen and oxygen atoms in total. The van der Waals surface area contributed by atoms with E-state index >= 15 is 0 Å². The summed E-state index contributed by atoms with van der Waals surface area (Å²) in [6.07, 6.45) is 0.801. The van der Waals surface area contributed by atoms with E-state index in [0.717, 1.165) is 16.9 Å². The van der Waals surface area contributed by atoms with E-state index in [0.29, 0.717) is 25.1 Å². The lowest BCUT2D eigenvalue weighted by molar-refractivity contribution is -0.142.